The molecule has 296 valence electrons. The van der Waals surface area contributed by atoms with E-state index in [0.717, 1.165) is 23.1 Å². The zero-order valence-corrected chi connectivity index (χ0v) is 32.0. The number of carbonyl (C=O) groups excluding carboxylic acids is 2. The molecule has 0 bridgehead atoms. The normalized spacial score (nSPS) is 19.1. The molecule has 0 unspecified atom stereocenters. The Balaban J connectivity index is 0.942. The average molecular weight is 780 g/mol. The van der Waals surface area contributed by atoms with Gasteiger partial charge in [0.15, 0.2) is 23.0 Å². The third-order valence-corrected chi connectivity index (χ3v) is 11.0. The Bertz CT molecular complexity index is 2390. The van der Waals surface area contributed by atoms with Gasteiger partial charge in [-0.2, -0.15) is 0 Å². The number of ether oxygens (including phenoxy) is 7. The van der Waals surface area contributed by atoms with Crippen LogP contribution in [-0.4, -0.2) is 62.8 Å². The summed E-state index contributed by atoms with van der Waals surface area (Å²) in [7, 11) is 4.62. The largest absolute Gasteiger partial charge is 0.494 e. The van der Waals surface area contributed by atoms with Crippen molar-refractivity contribution in [2.45, 2.75) is 44.6 Å². The van der Waals surface area contributed by atoms with E-state index in [0.29, 0.717) is 76.4 Å². The van der Waals surface area contributed by atoms with Gasteiger partial charge in [-0.1, -0.05) is 0 Å². The molecule has 3 aliphatic rings. The molecule has 1 aliphatic carbocycles. The van der Waals surface area contributed by atoms with Crippen LogP contribution in [0.4, 0.5) is 4.39 Å². The lowest BCUT2D eigenvalue weighted by molar-refractivity contribution is -0.141. The lowest BCUT2D eigenvalue weighted by Crippen LogP contribution is -2.42. The first-order valence-electron chi connectivity index (χ1n) is 18.8. The van der Waals surface area contributed by atoms with Gasteiger partial charge in [0.1, 0.15) is 17.4 Å². The summed E-state index contributed by atoms with van der Waals surface area (Å²) in [6.07, 6.45) is 2.27. The fourth-order valence-electron chi connectivity index (χ4n) is 8.29. The van der Waals surface area contributed by atoms with Crippen molar-refractivity contribution in [3.05, 3.63) is 105 Å². The van der Waals surface area contributed by atoms with E-state index in [4.69, 9.17) is 33.2 Å². The van der Waals surface area contributed by atoms with Crippen LogP contribution in [0.2, 0.25) is 0 Å². The van der Waals surface area contributed by atoms with Gasteiger partial charge in [0.2, 0.25) is 18.4 Å². The van der Waals surface area contributed by atoms with Gasteiger partial charge in [-0.25, -0.2) is 9.37 Å². The van der Waals surface area contributed by atoms with Crippen LogP contribution < -0.4 is 39.3 Å². The van der Waals surface area contributed by atoms with E-state index >= 15 is 0 Å². The molecule has 4 atom stereocenters. The highest BCUT2D eigenvalue weighted by molar-refractivity contribution is 5.81. The van der Waals surface area contributed by atoms with Crippen molar-refractivity contribution in [1.29, 1.82) is 0 Å². The molecule has 14 heteroatoms. The van der Waals surface area contributed by atoms with Crippen molar-refractivity contribution in [3.8, 4) is 40.2 Å². The predicted octanol–water partition coefficient (Wildman–Crippen LogP) is 6.32. The number of benzene rings is 4. The van der Waals surface area contributed by atoms with Crippen LogP contribution in [0.1, 0.15) is 60.2 Å². The first-order valence-corrected chi connectivity index (χ1v) is 18.8. The van der Waals surface area contributed by atoms with Crippen LogP contribution in [-0.2, 0) is 14.3 Å². The maximum Gasteiger partial charge on any atom is 0.310 e. The van der Waals surface area contributed by atoms with E-state index in [2.05, 4.69) is 10.3 Å². The Morgan fingerprint density at radius 3 is 2.30 bits per heavy atom. The van der Waals surface area contributed by atoms with Gasteiger partial charge in [0, 0.05) is 18.3 Å². The Morgan fingerprint density at radius 1 is 0.877 bits per heavy atom. The number of rotatable bonds is 13. The van der Waals surface area contributed by atoms with Crippen molar-refractivity contribution in [1.82, 2.24) is 14.9 Å². The average Bonchev–Trinajstić information content (AvgIpc) is 3.84. The number of amides is 1. The molecule has 0 spiro atoms. The quantitative estimate of drug-likeness (QED) is 0.106. The second-order valence-corrected chi connectivity index (χ2v) is 14.2. The zero-order chi connectivity index (χ0) is 39.8. The molecule has 4 aromatic carbocycles. The lowest BCUT2D eigenvalue weighted by atomic mass is 9.65. The van der Waals surface area contributed by atoms with E-state index in [-0.39, 0.29) is 43.2 Å². The molecule has 1 aromatic heterocycles. The zero-order valence-electron chi connectivity index (χ0n) is 32.0. The van der Waals surface area contributed by atoms with E-state index in [1.807, 2.05) is 24.3 Å². The van der Waals surface area contributed by atoms with Gasteiger partial charge >= 0.3 is 5.97 Å². The fourth-order valence-corrected chi connectivity index (χ4v) is 8.29. The minimum Gasteiger partial charge on any atom is -0.494 e. The lowest BCUT2D eigenvalue weighted by Gasteiger charge is -2.39. The number of methoxy groups -OCH3 is 3. The maximum absolute atomic E-state index is 13.6. The molecular formula is C43H42FN3O10. The number of nitrogens with one attached hydrogen (secondary N) is 1. The number of nitrogens with zero attached hydrogens (tertiary/aromatic N) is 2. The molecule has 1 saturated heterocycles. The molecule has 5 aromatic rings. The molecule has 1 fully saturated rings. The topological polar surface area (TPSA) is 146 Å². The summed E-state index contributed by atoms with van der Waals surface area (Å²) in [4.78, 5) is 45.1. The second kappa shape index (κ2) is 15.7. The summed E-state index contributed by atoms with van der Waals surface area (Å²) in [5.74, 6) is 1.16. The van der Waals surface area contributed by atoms with Crippen LogP contribution >= 0.6 is 0 Å². The van der Waals surface area contributed by atoms with Crippen LogP contribution in [0.15, 0.2) is 71.5 Å². The molecule has 2 aliphatic heterocycles. The Kier molecular flexibility index (Phi) is 10.3. The summed E-state index contributed by atoms with van der Waals surface area (Å²) < 4.78 is 55.1. The molecule has 57 heavy (non-hydrogen) atoms. The minimum absolute atomic E-state index is 0.0671. The Labute approximate surface area is 327 Å². The number of esters is 1. The number of aryl methyl sites for hydroxylation is 1. The number of hydrogen-bond donors (Lipinski definition) is 1. The van der Waals surface area contributed by atoms with E-state index in [9.17, 15) is 18.8 Å². The predicted molar refractivity (Wildman–Crippen MR) is 205 cm³/mol. The standard InChI is InChI=1S/C43H42FN3O10/c1-23-45-32-14-13-27(18-30(32)42(49)47(23)26-11-9-25(44)10-12-26)54-15-7-5-6-8-37(48)46-40-29-20-34-33(56-22-57-34)19-28(29)38(39-31(40)21-55-43(39)50)24-16-35(51-2)41(53-4)36(17-24)52-3/h9-14,16-20,31,38-40H,5-8,15,21-22H2,1-4H3,(H,46,48)/t31-,38+,39-,40+/m0/s1. The van der Waals surface area contributed by atoms with Crippen molar-refractivity contribution in [2.24, 2.45) is 11.8 Å². The van der Waals surface area contributed by atoms with Crippen LogP contribution in [0.25, 0.3) is 16.6 Å². The van der Waals surface area contributed by atoms with Crippen molar-refractivity contribution in [3.63, 3.8) is 0 Å². The van der Waals surface area contributed by atoms with Gasteiger partial charge in [-0.15, -0.1) is 0 Å². The summed E-state index contributed by atoms with van der Waals surface area (Å²) in [5.41, 5.74) is 3.19. The first-order chi connectivity index (χ1) is 27.7. The first kappa shape index (κ1) is 37.6. The molecule has 1 amide bonds. The number of hydrogen-bond acceptors (Lipinski definition) is 11. The highest BCUT2D eigenvalue weighted by Crippen LogP contribution is 2.55. The maximum atomic E-state index is 13.6. The van der Waals surface area contributed by atoms with Crippen LogP contribution in [0, 0.1) is 24.6 Å². The van der Waals surface area contributed by atoms with Gasteiger partial charge in [0.05, 0.1) is 63.1 Å². The Hall–Kier alpha value is -6.31. The number of carbonyl (C=O) groups is 2. The Morgan fingerprint density at radius 2 is 1.60 bits per heavy atom. The van der Waals surface area contributed by atoms with Crippen molar-refractivity contribution in [2.75, 3.05) is 41.3 Å². The highest BCUT2D eigenvalue weighted by atomic mass is 19.1. The second-order valence-electron chi connectivity index (χ2n) is 14.2. The number of halogens is 1. The molecule has 8 rings (SSSR count). The fraction of sp³-hybridized carbons (Fsp3) is 0.349. The van der Waals surface area contributed by atoms with Crippen molar-refractivity contribution < 1.29 is 47.1 Å². The van der Waals surface area contributed by atoms with E-state index in [1.54, 1.807) is 39.3 Å². The highest BCUT2D eigenvalue weighted by Gasteiger charge is 2.53. The van der Waals surface area contributed by atoms with E-state index in [1.165, 1.54) is 35.9 Å². The monoisotopic (exact) mass is 779 g/mol. The number of aromatic nitrogens is 2. The van der Waals surface area contributed by atoms with Gasteiger partial charge in [0.25, 0.3) is 5.56 Å². The van der Waals surface area contributed by atoms with Crippen LogP contribution in [0.3, 0.4) is 0 Å². The van der Waals surface area contributed by atoms with Gasteiger partial charge in [-0.3, -0.25) is 19.0 Å². The van der Waals surface area contributed by atoms with Gasteiger partial charge < -0.3 is 38.5 Å². The summed E-state index contributed by atoms with van der Waals surface area (Å²) >= 11 is 0. The molecular weight excluding hydrogens is 737 g/mol. The molecule has 1 N–H and O–H groups in total. The van der Waals surface area contributed by atoms with E-state index < -0.39 is 23.7 Å². The summed E-state index contributed by atoms with van der Waals surface area (Å²) in [6.45, 7) is 2.32. The number of fused-ring (bicyclic) bond motifs is 4. The molecule has 0 radical (unpaired) electrons. The molecule has 13 nitrogen and oxygen atoms in total. The summed E-state index contributed by atoms with van der Waals surface area (Å²) in [5, 5.41) is 3.62. The SMILES string of the molecule is COc1cc([C@@H]2c3cc4c(cc3[C@@H](NC(=O)CCCCCOc3ccc5nc(C)n(-c6ccc(F)cc6)c(=O)c5c3)[C@H]3COC(=O)[C@H]23)OCO4)cc(OC)c1OC. The minimum atomic E-state index is -0.608. The number of unbranched alkanes of at least 4 members (excludes halogenated alkanes) is 2. The van der Waals surface area contributed by atoms with Crippen molar-refractivity contribution >= 4 is 22.8 Å². The van der Waals surface area contributed by atoms with Gasteiger partial charge in [-0.05, 0) is 110 Å². The summed E-state index contributed by atoms with van der Waals surface area (Å²) in [6, 6.07) is 17.8. The molecule has 0 saturated carbocycles. The smallest absolute Gasteiger partial charge is 0.310 e. The van der Waals surface area contributed by atoms with Crippen LogP contribution in [0.5, 0.6) is 34.5 Å². The molecule has 3 heterocycles. The third-order valence-electron chi connectivity index (χ3n) is 11.0. The third kappa shape index (κ3) is 7.04. The number of cyclic esters (lactones) is 1.